The van der Waals surface area contributed by atoms with E-state index in [0.717, 1.165) is 64.3 Å². The highest BCUT2D eigenvalue weighted by Crippen LogP contribution is 2.59. The van der Waals surface area contributed by atoms with Crippen LogP contribution in [-0.4, -0.2) is 72.3 Å². The van der Waals surface area contributed by atoms with E-state index in [1.165, 1.54) is 24.1 Å². The van der Waals surface area contributed by atoms with Crippen LogP contribution < -0.4 is 0 Å². The van der Waals surface area contributed by atoms with Gasteiger partial charge in [-0.1, -0.05) is 45.3 Å². The number of halogens is 1. The Morgan fingerprint density at radius 1 is 1.09 bits per heavy atom. The summed E-state index contributed by atoms with van der Waals surface area (Å²) in [6.07, 6.45) is 8.67. The summed E-state index contributed by atoms with van der Waals surface area (Å²) in [6, 6.07) is 5.78. The number of carbonyl (C=O) groups is 2. The summed E-state index contributed by atoms with van der Waals surface area (Å²) in [7, 11) is 0. The van der Waals surface area contributed by atoms with E-state index in [4.69, 9.17) is 0 Å². The summed E-state index contributed by atoms with van der Waals surface area (Å²) < 4.78 is 13.2. The monoisotopic (exact) mass is 483 g/mol. The van der Waals surface area contributed by atoms with Crippen LogP contribution in [0.1, 0.15) is 69.7 Å². The van der Waals surface area contributed by atoms with Crippen LogP contribution in [0, 0.1) is 23.1 Å². The standard InChI is InChI=1S/C29H42FN3O2/c1-4-5-6-7-27(34)33(21-23-8-11-24-20-26(23)29(24,2)3)19-16-31-14-17-32(18-15-31)28(35)22-9-12-25(30)13-10-22/h8-10,12-13,24,26H,4-7,11,14-21H2,1-3H3. The van der Waals surface area contributed by atoms with E-state index in [1.54, 1.807) is 12.1 Å². The second-order valence-corrected chi connectivity index (χ2v) is 11.2. The van der Waals surface area contributed by atoms with Gasteiger partial charge in [-0.2, -0.15) is 0 Å². The Labute approximate surface area is 210 Å². The summed E-state index contributed by atoms with van der Waals surface area (Å²) in [5.41, 5.74) is 2.37. The topological polar surface area (TPSA) is 43.9 Å². The van der Waals surface area contributed by atoms with Crippen LogP contribution in [0.15, 0.2) is 35.9 Å². The molecule has 0 radical (unpaired) electrons. The second kappa shape index (κ2) is 11.2. The minimum absolute atomic E-state index is 0.0389. The number of carbonyl (C=O) groups excluding carboxylic acids is 2. The molecule has 192 valence electrons. The number of allylic oxidation sites excluding steroid dienone is 1. The third-order valence-corrected chi connectivity index (χ3v) is 8.74. The van der Waals surface area contributed by atoms with Gasteiger partial charge in [-0.3, -0.25) is 14.5 Å². The van der Waals surface area contributed by atoms with Crippen molar-refractivity contribution < 1.29 is 14.0 Å². The zero-order valence-electron chi connectivity index (χ0n) is 21.8. The van der Waals surface area contributed by atoms with Crippen molar-refractivity contribution in [3.63, 3.8) is 0 Å². The molecule has 5 rings (SSSR count). The molecule has 1 saturated heterocycles. The van der Waals surface area contributed by atoms with E-state index in [9.17, 15) is 14.0 Å². The number of unbranched alkanes of at least 4 members (excludes halogenated alkanes) is 2. The highest BCUT2D eigenvalue weighted by molar-refractivity contribution is 5.94. The molecule has 2 bridgehead atoms. The van der Waals surface area contributed by atoms with Gasteiger partial charge in [-0.15, -0.1) is 0 Å². The third-order valence-electron chi connectivity index (χ3n) is 8.74. The molecule has 2 fully saturated rings. The molecule has 3 aliphatic carbocycles. The van der Waals surface area contributed by atoms with Crippen LogP contribution in [0.5, 0.6) is 0 Å². The molecule has 6 heteroatoms. The van der Waals surface area contributed by atoms with Gasteiger partial charge in [0.05, 0.1) is 0 Å². The van der Waals surface area contributed by atoms with Gasteiger partial charge in [0.15, 0.2) is 0 Å². The number of fused-ring (bicyclic) bond motifs is 1. The van der Waals surface area contributed by atoms with Gasteiger partial charge in [0.1, 0.15) is 5.82 Å². The van der Waals surface area contributed by atoms with Gasteiger partial charge in [0.2, 0.25) is 5.91 Å². The highest BCUT2D eigenvalue weighted by atomic mass is 19.1. The molecule has 1 aromatic carbocycles. The molecule has 4 aliphatic rings. The first-order valence-electron chi connectivity index (χ1n) is 13.5. The lowest BCUT2D eigenvalue weighted by Gasteiger charge is -2.57. The van der Waals surface area contributed by atoms with Gasteiger partial charge < -0.3 is 9.80 Å². The predicted octanol–water partition coefficient (Wildman–Crippen LogP) is 4.98. The van der Waals surface area contributed by atoms with Gasteiger partial charge in [0.25, 0.3) is 5.91 Å². The molecular formula is C29H42FN3O2. The maximum absolute atomic E-state index is 13.2. The Morgan fingerprint density at radius 2 is 1.80 bits per heavy atom. The normalized spacial score (nSPS) is 23.4. The molecular weight excluding hydrogens is 441 g/mol. The van der Waals surface area contributed by atoms with E-state index in [-0.39, 0.29) is 17.6 Å². The number of hydrogen-bond donors (Lipinski definition) is 0. The Balaban J connectivity index is 1.30. The van der Waals surface area contributed by atoms with Crippen LogP contribution in [0.3, 0.4) is 0 Å². The van der Waals surface area contributed by atoms with Crippen molar-refractivity contribution >= 4 is 11.8 Å². The van der Waals surface area contributed by atoms with Crippen molar-refractivity contribution in [3.8, 4) is 0 Å². The molecule has 0 spiro atoms. The third kappa shape index (κ3) is 5.96. The minimum atomic E-state index is -0.329. The molecule has 35 heavy (non-hydrogen) atoms. The molecule has 2 amide bonds. The number of piperazine rings is 1. The second-order valence-electron chi connectivity index (χ2n) is 11.2. The van der Waals surface area contributed by atoms with E-state index in [2.05, 4.69) is 36.6 Å². The molecule has 1 saturated carbocycles. The van der Waals surface area contributed by atoms with Crippen LogP contribution in [0.25, 0.3) is 0 Å². The first kappa shape index (κ1) is 25.9. The quantitative estimate of drug-likeness (QED) is 0.348. The van der Waals surface area contributed by atoms with E-state index < -0.39 is 0 Å². The zero-order chi connectivity index (χ0) is 25.0. The average Bonchev–Trinajstić information content (AvgIpc) is 2.87. The van der Waals surface area contributed by atoms with Crippen LogP contribution in [-0.2, 0) is 4.79 Å². The fourth-order valence-electron chi connectivity index (χ4n) is 6.06. The summed E-state index contributed by atoms with van der Waals surface area (Å²) >= 11 is 0. The Hall–Kier alpha value is -2.21. The molecule has 1 aromatic rings. The van der Waals surface area contributed by atoms with Crippen molar-refractivity contribution in [2.45, 2.75) is 59.3 Å². The molecule has 0 aromatic heterocycles. The van der Waals surface area contributed by atoms with Gasteiger partial charge in [-0.05, 0) is 60.8 Å². The Kier molecular flexibility index (Phi) is 8.31. The predicted molar refractivity (Wildman–Crippen MR) is 138 cm³/mol. The smallest absolute Gasteiger partial charge is 0.253 e. The Morgan fingerprint density at radius 3 is 2.43 bits per heavy atom. The summed E-state index contributed by atoms with van der Waals surface area (Å²) in [5, 5.41) is 0. The molecule has 1 heterocycles. The van der Waals surface area contributed by atoms with Gasteiger partial charge in [-0.25, -0.2) is 4.39 Å². The van der Waals surface area contributed by atoms with Crippen molar-refractivity contribution in [2.75, 3.05) is 45.8 Å². The van der Waals surface area contributed by atoms with E-state index >= 15 is 0 Å². The summed E-state index contributed by atoms with van der Waals surface area (Å²) in [4.78, 5) is 32.2. The van der Waals surface area contributed by atoms with Crippen molar-refractivity contribution in [1.29, 1.82) is 0 Å². The fourth-order valence-corrected chi connectivity index (χ4v) is 6.06. The lowest BCUT2D eigenvalue weighted by Crippen LogP contribution is -2.52. The first-order chi connectivity index (χ1) is 16.8. The molecule has 2 unspecified atom stereocenters. The SMILES string of the molecule is CCCCCC(=O)N(CCN1CCN(C(=O)c2ccc(F)cc2)CC1)CC1=CCC2CC1C2(C)C. The number of amides is 2. The van der Waals surface area contributed by atoms with Crippen LogP contribution >= 0.6 is 0 Å². The minimum Gasteiger partial charge on any atom is -0.337 e. The van der Waals surface area contributed by atoms with Crippen molar-refractivity contribution in [3.05, 3.63) is 47.3 Å². The number of benzene rings is 1. The summed E-state index contributed by atoms with van der Waals surface area (Å²) in [6.45, 7) is 12.2. The van der Waals surface area contributed by atoms with Gasteiger partial charge in [0, 0.05) is 57.8 Å². The van der Waals surface area contributed by atoms with Crippen LogP contribution in [0.2, 0.25) is 0 Å². The van der Waals surface area contributed by atoms with Crippen LogP contribution in [0.4, 0.5) is 4.39 Å². The van der Waals surface area contributed by atoms with Gasteiger partial charge >= 0.3 is 0 Å². The van der Waals surface area contributed by atoms with E-state index in [0.29, 0.717) is 36.4 Å². The lowest BCUT2D eigenvalue weighted by atomic mass is 9.49. The largest absolute Gasteiger partial charge is 0.337 e. The zero-order valence-corrected chi connectivity index (χ0v) is 21.8. The highest BCUT2D eigenvalue weighted by Gasteiger charge is 2.51. The fraction of sp³-hybridized carbons (Fsp3) is 0.655. The summed E-state index contributed by atoms with van der Waals surface area (Å²) in [5.74, 6) is 1.34. The molecule has 2 atom stereocenters. The average molecular weight is 484 g/mol. The number of rotatable bonds is 10. The lowest BCUT2D eigenvalue weighted by molar-refractivity contribution is -0.131. The maximum atomic E-state index is 13.2. The maximum Gasteiger partial charge on any atom is 0.253 e. The first-order valence-corrected chi connectivity index (χ1v) is 13.5. The van der Waals surface area contributed by atoms with Crippen molar-refractivity contribution in [2.24, 2.45) is 17.3 Å². The molecule has 5 nitrogen and oxygen atoms in total. The van der Waals surface area contributed by atoms with E-state index in [1.807, 2.05) is 4.90 Å². The molecule has 1 aliphatic heterocycles. The molecule has 0 N–H and O–H groups in total. The Bertz CT molecular complexity index is 918. The number of hydrogen-bond acceptors (Lipinski definition) is 3. The van der Waals surface area contributed by atoms with Crippen molar-refractivity contribution in [1.82, 2.24) is 14.7 Å². The number of nitrogens with zero attached hydrogens (tertiary/aromatic N) is 3.